The van der Waals surface area contributed by atoms with Crippen LogP contribution in [-0.4, -0.2) is 49.7 Å². The molecular formula is C31H42O6. The van der Waals surface area contributed by atoms with Gasteiger partial charge in [0.2, 0.25) is 0 Å². The molecule has 2 aliphatic rings. The van der Waals surface area contributed by atoms with E-state index in [1.54, 1.807) is 0 Å². The summed E-state index contributed by atoms with van der Waals surface area (Å²) >= 11 is 0. The molecule has 0 bridgehead atoms. The fourth-order valence-electron chi connectivity index (χ4n) is 4.86. The number of hydrogen-bond acceptors (Lipinski definition) is 6. The van der Waals surface area contributed by atoms with Gasteiger partial charge in [0, 0.05) is 19.4 Å². The molecule has 2 aliphatic heterocycles. The lowest BCUT2D eigenvalue weighted by molar-refractivity contribution is -0.184. The maximum Gasteiger partial charge on any atom is 0.311 e. The molecule has 2 heterocycles. The Morgan fingerprint density at radius 3 is 2.16 bits per heavy atom. The van der Waals surface area contributed by atoms with Gasteiger partial charge in [-0.15, -0.1) is 0 Å². The minimum absolute atomic E-state index is 0.0167. The van der Waals surface area contributed by atoms with Gasteiger partial charge in [0.15, 0.2) is 0 Å². The van der Waals surface area contributed by atoms with Gasteiger partial charge in [-0.25, -0.2) is 0 Å². The number of carbonyl (C=O) groups excluding carboxylic acids is 1. The molecule has 0 N–H and O–H groups in total. The van der Waals surface area contributed by atoms with Crippen molar-refractivity contribution in [2.75, 3.05) is 13.2 Å². The molecule has 0 aromatic heterocycles. The van der Waals surface area contributed by atoms with Crippen LogP contribution in [0.2, 0.25) is 0 Å². The molecule has 2 fully saturated rings. The summed E-state index contributed by atoms with van der Waals surface area (Å²) in [7, 11) is 0. The number of benzene rings is 2. The zero-order valence-corrected chi connectivity index (χ0v) is 22.5. The third-order valence-electron chi connectivity index (χ3n) is 6.98. The monoisotopic (exact) mass is 510 g/mol. The van der Waals surface area contributed by atoms with Crippen LogP contribution in [0.4, 0.5) is 0 Å². The molecule has 5 atom stereocenters. The predicted octanol–water partition coefficient (Wildman–Crippen LogP) is 5.86. The van der Waals surface area contributed by atoms with Gasteiger partial charge in [0.05, 0.1) is 49.1 Å². The molecule has 2 aromatic carbocycles. The van der Waals surface area contributed by atoms with E-state index >= 15 is 0 Å². The molecule has 2 saturated heterocycles. The van der Waals surface area contributed by atoms with E-state index in [4.69, 9.17) is 23.7 Å². The quantitative estimate of drug-likeness (QED) is 0.279. The summed E-state index contributed by atoms with van der Waals surface area (Å²) in [4.78, 5) is 12.4. The van der Waals surface area contributed by atoms with E-state index in [0.717, 1.165) is 31.2 Å². The topological polar surface area (TPSA) is 63.2 Å². The Kier molecular flexibility index (Phi) is 10.1. The van der Waals surface area contributed by atoms with Crippen LogP contribution in [0, 0.1) is 5.41 Å². The summed E-state index contributed by atoms with van der Waals surface area (Å²) in [6.45, 7) is 7.68. The molecule has 37 heavy (non-hydrogen) atoms. The van der Waals surface area contributed by atoms with Gasteiger partial charge in [-0.2, -0.15) is 0 Å². The van der Waals surface area contributed by atoms with E-state index in [9.17, 15) is 4.79 Å². The lowest BCUT2D eigenvalue weighted by atomic mass is 9.95. The molecule has 0 saturated carbocycles. The fourth-order valence-corrected chi connectivity index (χ4v) is 4.86. The smallest absolute Gasteiger partial charge is 0.311 e. The molecule has 6 nitrogen and oxygen atoms in total. The second-order valence-electron chi connectivity index (χ2n) is 11.2. The highest BCUT2D eigenvalue weighted by molar-refractivity contribution is 5.75. The largest absolute Gasteiger partial charge is 0.463 e. The molecule has 6 heteroatoms. The van der Waals surface area contributed by atoms with E-state index in [1.165, 1.54) is 5.56 Å². The lowest BCUT2D eigenvalue weighted by Crippen LogP contribution is -2.45. The summed E-state index contributed by atoms with van der Waals surface area (Å²) in [5.74, 6) is -0.215. The van der Waals surface area contributed by atoms with E-state index in [2.05, 4.69) is 24.3 Å². The molecule has 0 radical (unpaired) electrons. The standard InChI is InChI=1S/C31H42O6/c1-31(2,3)30(32)35-22-27-18-26(34-21-24-12-8-5-9-13-24)19-29(37-27)28-15-14-25(36-28)16-17-33-20-23-10-6-4-7-11-23/h4-13,25-29H,14-22H2,1-3H3/t25-,26-,27+,28?,29?/m1/s1. The highest BCUT2D eigenvalue weighted by Gasteiger charge is 2.39. The Morgan fingerprint density at radius 2 is 1.49 bits per heavy atom. The third kappa shape index (κ3) is 8.92. The van der Waals surface area contributed by atoms with Crippen LogP contribution in [0.25, 0.3) is 0 Å². The van der Waals surface area contributed by atoms with Crippen LogP contribution in [0.1, 0.15) is 64.0 Å². The first-order valence-electron chi connectivity index (χ1n) is 13.6. The van der Waals surface area contributed by atoms with Crippen LogP contribution in [-0.2, 0) is 41.7 Å². The summed E-state index contributed by atoms with van der Waals surface area (Å²) in [5.41, 5.74) is 1.79. The Morgan fingerprint density at radius 1 is 0.838 bits per heavy atom. The molecule has 202 valence electrons. The van der Waals surface area contributed by atoms with E-state index in [1.807, 2.05) is 57.2 Å². The van der Waals surface area contributed by atoms with Crippen molar-refractivity contribution in [1.82, 2.24) is 0 Å². The summed E-state index contributed by atoms with van der Waals surface area (Å²) in [6, 6.07) is 20.4. The first kappa shape index (κ1) is 27.8. The third-order valence-corrected chi connectivity index (χ3v) is 6.98. The van der Waals surface area contributed by atoms with E-state index in [0.29, 0.717) is 26.2 Å². The van der Waals surface area contributed by atoms with Crippen LogP contribution in [0.3, 0.4) is 0 Å². The van der Waals surface area contributed by atoms with Gasteiger partial charge in [-0.05, 0) is 51.2 Å². The van der Waals surface area contributed by atoms with Crippen molar-refractivity contribution < 1.29 is 28.5 Å². The maximum atomic E-state index is 12.4. The highest BCUT2D eigenvalue weighted by atomic mass is 16.6. The van der Waals surface area contributed by atoms with Crippen molar-refractivity contribution in [3.05, 3.63) is 71.8 Å². The number of rotatable bonds is 11. The van der Waals surface area contributed by atoms with Crippen LogP contribution >= 0.6 is 0 Å². The lowest BCUT2D eigenvalue weighted by Gasteiger charge is -2.38. The summed E-state index contributed by atoms with van der Waals surface area (Å²) in [5, 5.41) is 0. The van der Waals surface area contributed by atoms with Crippen molar-refractivity contribution in [3.8, 4) is 0 Å². The van der Waals surface area contributed by atoms with E-state index < -0.39 is 5.41 Å². The second kappa shape index (κ2) is 13.5. The number of esters is 1. The average molecular weight is 511 g/mol. The summed E-state index contributed by atoms with van der Waals surface area (Å²) < 4.78 is 30.7. The second-order valence-corrected chi connectivity index (χ2v) is 11.2. The number of carbonyl (C=O) groups is 1. The average Bonchev–Trinajstić information content (AvgIpc) is 3.38. The van der Waals surface area contributed by atoms with Crippen molar-refractivity contribution >= 4 is 5.97 Å². The number of hydrogen-bond donors (Lipinski definition) is 0. The zero-order chi connectivity index (χ0) is 26.1. The van der Waals surface area contributed by atoms with Crippen LogP contribution < -0.4 is 0 Å². The Hall–Kier alpha value is -2.25. The van der Waals surface area contributed by atoms with Crippen LogP contribution in [0.5, 0.6) is 0 Å². The number of ether oxygens (including phenoxy) is 5. The molecule has 0 spiro atoms. The van der Waals surface area contributed by atoms with Crippen LogP contribution in [0.15, 0.2) is 60.7 Å². The first-order chi connectivity index (χ1) is 17.9. The Labute approximate surface area is 221 Å². The van der Waals surface area contributed by atoms with Gasteiger partial charge in [-0.3, -0.25) is 4.79 Å². The van der Waals surface area contributed by atoms with Crippen molar-refractivity contribution in [2.45, 2.75) is 96.6 Å². The molecule has 4 rings (SSSR count). The summed E-state index contributed by atoms with van der Waals surface area (Å²) in [6.07, 6.45) is 4.22. The molecule has 2 aromatic rings. The Bertz CT molecular complexity index is 941. The minimum Gasteiger partial charge on any atom is -0.463 e. The Balaban J connectivity index is 1.28. The maximum absolute atomic E-state index is 12.4. The van der Waals surface area contributed by atoms with Crippen molar-refractivity contribution in [3.63, 3.8) is 0 Å². The molecule has 0 amide bonds. The van der Waals surface area contributed by atoms with E-state index in [-0.39, 0.29) is 43.1 Å². The normalized spacial score (nSPS) is 26.2. The van der Waals surface area contributed by atoms with Gasteiger partial charge < -0.3 is 23.7 Å². The first-order valence-corrected chi connectivity index (χ1v) is 13.6. The van der Waals surface area contributed by atoms with Crippen molar-refractivity contribution in [2.24, 2.45) is 5.41 Å². The van der Waals surface area contributed by atoms with Gasteiger partial charge in [0.25, 0.3) is 0 Å². The zero-order valence-electron chi connectivity index (χ0n) is 22.5. The molecule has 0 aliphatic carbocycles. The molecular weight excluding hydrogens is 468 g/mol. The van der Waals surface area contributed by atoms with Gasteiger partial charge in [-0.1, -0.05) is 60.7 Å². The highest BCUT2D eigenvalue weighted by Crippen LogP contribution is 2.33. The SMILES string of the molecule is CC(C)(C)C(=O)OC[C@@H]1C[C@@H](OCc2ccccc2)CC(C2CC[C@H](CCOCc3ccccc3)O2)O1. The fraction of sp³-hybridized carbons (Fsp3) is 0.581. The van der Waals surface area contributed by atoms with Gasteiger partial charge >= 0.3 is 5.97 Å². The van der Waals surface area contributed by atoms with Gasteiger partial charge in [0.1, 0.15) is 6.61 Å². The van der Waals surface area contributed by atoms with Crippen molar-refractivity contribution in [1.29, 1.82) is 0 Å². The predicted molar refractivity (Wildman–Crippen MR) is 142 cm³/mol. The minimum atomic E-state index is -0.540. The molecule has 2 unspecified atom stereocenters.